The van der Waals surface area contributed by atoms with Crippen LogP contribution in [0.5, 0.6) is 11.5 Å². The Morgan fingerprint density at radius 1 is 1.07 bits per heavy atom. The Morgan fingerprint density at radius 3 is 2.96 bits per heavy atom. The predicted octanol–water partition coefficient (Wildman–Crippen LogP) is 5.25. The molecule has 6 heteroatoms. The molecule has 1 saturated heterocycles. The molecule has 27 heavy (non-hydrogen) atoms. The van der Waals surface area contributed by atoms with Gasteiger partial charge in [-0.3, -0.25) is 4.90 Å². The minimum Gasteiger partial charge on any atom is -0.454 e. The van der Waals surface area contributed by atoms with Crippen molar-refractivity contribution in [2.24, 2.45) is 0 Å². The van der Waals surface area contributed by atoms with Gasteiger partial charge in [0.2, 0.25) is 6.79 Å². The molecule has 0 N–H and O–H groups in total. The van der Waals surface area contributed by atoms with Gasteiger partial charge in [0.15, 0.2) is 17.3 Å². The number of thiophene rings is 1. The highest BCUT2D eigenvalue weighted by Gasteiger charge is 2.26. The van der Waals surface area contributed by atoms with Gasteiger partial charge >= 0.3 is 0 Å². The quantitative estimate of drug-likeness (QED) is 0.617. The fourth-order valence-corrected chi connectivity index (χ4v) is 4.66. The van der Waals surface area contributed by atoms with E-state index in [1.807, 2.05) is 29.5 Å². The minimum absolute atomic E-state index is 0.278. The largest absolute Gasteiger partial charge is 0.454 e. The molecule has 1 fully saturated rings. The Hall–Kier alpha value is -2.31. The maximum absolute atomic E-state index is 5.72. The maximum atomic E-state index is 5.72. The molecule has 0 aliphatic carbocycles. The highest BCUT2D eigenvalue weighted by molar-refractivity contribution is 7.09. The van der Waals surface area contributed by atoms with Crippen molar-refractivity contribution in [2.75, 3.05) is 13.3 Å². The van der Waals surface area contributed by atoms with Gasteiger partial charge in [0.25, 0.3) is 0 Å². The first kappa shape index (κ1) is 16.8. The summed E-state index contributed by atoms with van der Waals surface area (Å²) in [5.41, 5.74) is 2.00. The van der Waals surface area contributed by atoms with Crippen LogP contribution in [0, 0.1) is 0 Å². The molecular formula is C21H22N2O3S. The second kappa shape index (κ2) is 7.37. The average molecular weight is 382 g/mol. The summed E-state index contributed by atoms with van der Waals surface area (Å²) in [5, 5.41) is 6.59. The predicted molar refractivity (Wildman–Crippen MR) is 104 cm³/mol. The molecule has 2 aliphatic rings. The van der Waals surface area contributed by atoms with E-state index in [2.05, 4.69) is 33.6 Å². The van der Waals surface area contributed by atoms with Crippen LogP contribution in [0.15, 0.2) is 46.3 Å². The Labute approximate surface area is 162 Å². The molecule has 2 aromatic heterocycles. The van der Waals surface area contributed by atoms with Gasteiger partial charge in [-0.05, 0) is 49.0 Å². The average Bonchev–Trinajstić information content (AvgIpc) is 3.42. The summed E-state index contributed by atoms with van der Waals surface area (Å²) in [5.74, 6) is 2.33. The number of likely N-dealkylation sites (tertiary alicyclic amines) is 1. The van der Waals surface area contributed by atoms with Crippen LogP contribution in [-0.2, 0) is 6.54 Å². The molecule has 1 aromatic carbocycles. The van der Waals surface area contributed by atoms with Crippen molar-refractivity contribution in [1.29, 1.82) is 0 Å². The zero-order chi connectivity index (χ0) is 18.1. The molecule has 3 aromatic rings. The van der Waals surface area contributed by atoms with Crippen LogP contribution in [-0.4, -0.2) is 23.4 Å². The van der Waals surface area contributed by atoms with E-state index in [-0.39, 0.29) is 6.79 Å². The third-order valence-electron chi connectivity index (χ3n) is 5.33. The molecule has 1 atom stereocenters. The van der Waals surface area contributed by atoms with Crippen molar-refractivity contribution >= 4 is 11.3 Å². The standard InChI is InChI=1S/C21H22N2O3S/c1-2-6-18(23(9-3-1)13-16-5-4-10-27-16)17-12-20(26-22-17)15-7-8-19-21(11-15)25-14-24-19/h4-5,7-8,10-12,18H,1-3,6,9,13-14H2/t18-/m1/s1. The molecule has 0 radical (unpaired) electrons. The summed E-state index contributed by atoms with van der Waals surface area (Å²) in [6.07, 6.45) is 4.88. The van der Waals surface area contributed by atoms with Gasteiger partial charge in [-0.25, -0.2) is 0 Å². The molecule has 0 unspecified atom stereocenters. The number of hydrogen-bond donors (Lipinski definition) is 0. The number of aromatic nitrogens is 1. The molecule has 0 bridgehead atoms. The van der Waals surface area contributed by atoms with E-state index < -0.39 is 0 Å². The van der Waals surface area contributed by atoms with Crippen LogP contribution in [0.4, 0.5) is 0 Å². The summed E-state index contributed by atoms with van der Waals surface area (Å²) < 4.78 is 16.6. The second-order valence-electron chi connectivity index (χ2n) is 7.10. The molecule has 5 nitrogen and oxygen atoms in total. The van der Waals surface area contributed by atoms with E-state index in [0.29, 0.717) is 6.04 Å². The summed E-state index contributed by atoms with van der Waals surface area (Å²) >= 11 is 1.82. The monoisotopic (exact) mass is 382 g/mol. The molecule has 0 saturated carbocycles. The number of benzene rings is 1. The third kappa shape index (κ3) is 3.47. The van der Waals surface area contributed by atoms with Crippen molar-refractivity contribution in [3.05, 3.63) is 52.3 Å². The Bertz CT molecular complexity index is 906. The molecule has 2 aliphatic heterocycles. The lowest BCUT2D eigenvalue weighted by molar-refractivity contribution is 0.174. The van der Waals surface area contributed by atoms with Gasteiger partial charge < -0.3 is 14.0 Å². The molecule has 0 amide bonds. The Morgan fingerprint density at radius 2 is 2.04 bits per heavy atom. The van der Waals surface area contributed by atoms with E-state index in [0.717, 1.165) is 48.0 Å². The minimum atomic E-state index is 0.278. The Balaban J connectivity index is 1.41. The summed E-state index contributed by atoms with van der Waals surface area (Å²) in [6, 6.07) is 12.6. The van der Waals surface area contributed by atoms with Crippen molar-refractivity contribution < 1.29 is 14.0 Å². The lowest BCUT2D eigenvalue weighted by Gasteiger charge is -2.27. The number of nitrogens with zero attached hydrogens (tertiary/aromatic N) is 2. The molecule has 140 valence electrons. The van der Waals surface area contributed by atoms with Crippen molar-refractivity contribution in [3.8, 4) is 22.8 Å². The molecule has 5 rings (SSSR count). The van der Waals surface area contributed by atoms with Crippen molar-refractivity contribution in [2.45, 2.75) is 38.3 Å². The van der Waals surface area contributed by atoms with Crippen molar-refractivity contribution in [1.82, 2.24) is 10.1 Å². The number of ether oxygens (including phenoxy) is 2. The summed E-state index contributed by atoms with van der Waals surface area (Å²) in [4.78, 5) is 3.96. The van der Waals surface area contributed by atoms with Crippen LogP contribution in [0.2, 0.25) is 0 Å². The van der Waals surface area contributed by atoms with E-state index >= 15 is 0 Å². The number of hydrogen-bond acceptors (Lipinski definition) is 6. The lowest BCUT2D eigenvalue weighted by atomic mass is 10.0. The third-order valence-corrected chi connectivity index (χ3v) is 6.19. The van der Waals surface area contributed by atoms with Crippen molar-refractivity contribution in [3.63, 3.8) is 0 Å². The smallest absolute Gasteiger partial charge is 0.231 e. The molecule has 0 spiro atoms. The van der Waals surface area contributed by atoms with Crippen LogP contribution in [0.3, 0.4) is 0 Å². The van der Waals surface area contributed by atoms with Crippen LogP contribution < -0.4 is 9.47 Å². The first-order chi connectivity index (χ1) is 13.4. The summed E-state index contributed by atoms with van der Waals surface area (Å²) in [7, 11) is 0. The normalized spacial score (nSPS) is 19.9. The first-order valence-corrected chi connectivity index (χ1v) is 10.4. The number of rotatable bonds is 4. The van der Waals surface area contributed by atoms with Gasteiger partial charge in [-0.15, -0.1) is 11.3 Å². The van der Waals surface area contributed by atoms with Crippen LogP contribution in [0.1, 0.15) is 42.3 Å². The van der Waals surface area contributed by atoms with Crippen LogP contribution in [0.25, 0.3) is 11.3 Å². The van der Waals surface area contributed by atoms with Gasteiger partial charge in [0.1, 0.15) is 5.69 Å². The van der Waals surface area contributed by atoms with E-state index in [1.165, 1.54) is 24.1 Å². The Kier molecular flexibility index (Phi) is 4.59. The fraction of sp³-hybridized carbons (Fsp3) is 0.381. The maximum Gasteiger partial charge on any atom is 0.231 e. The van der Waals surface area contributed by atoms with Gasteiger partial charge in [0.05, 0.1) is 6.04 Å². The topological polar surface area (TPSA) is 47.7 Å². The summed E-state index contributed by atoms with van der Waals surface area (Å²) in [6.45, 7) is 2.36. The fourth-order valence-electron chi connectivity index (χ4n) is 3.93. The zero-order valence-corrected chi connectivity index (χ0v) is 15.9. The highest BCUT2D eigenvalue weighted by atomic mass is 32.1. The van der Waals surface area contributed by atoms with Crippen LogP contribution >= 0.6 is 11.3 Å². The van der Waals surface area contributed by atoms with E-state index in [9.17, 15) is 0 Å². The SMILES string of the molecule is c1csc(CN2CCCCC[C@@H]2c2cc(-c3ccc4c(c3)OCO4)on2)c1. The first-order valence-electron chi connectivity index (χ1n) is 9.50. The lowest BCUT2D eigenvalue weighted by Crippen LogP contribution is -2.28. The molecular weight excluding hydrogens is 360 g/mol. The second-order valence-corrected chi connectivity index (χ2v) is 8.13. The van der Waals surface area contributed by atoms with Gasteiger partial charge in [-0.1, -0.05) is 24.1 Å². The number of fused-ring (bicyclic) bond motifs is 1. The van der Waals surface area contributed by atoms with Gasteiger partial charge in [0, 0.05) is 23.1 Å². The zero-order valence-electron chi connectivity index (χ0n) is 15.1. The molecule has 4 heterocycles. The van der Waals surface area contributed by atoms with E-state index in [4.69, 9.17) is 14.0 Å². The van der Waals surface area contributed by atoms with Gasteiger partial charge in [-0.2, -0.15) is 0 Å². The van der Waals surface area contributed by atoms with E-state index in [1.54, 1.807) is 0 Å². The highest BCUT2D eigenvalue weighted by Crippen LogP contribution is 2.38.